The lowest BCUT2D eigenvalue weighted by Crippen LogP contribution is -2.34. The lowest BCUT2D eigenvalue weighted by Gasteiger charge is -2.10. The van der Waals surface area contributed by atoms with Crippen LogP contribution in [-0.4, -0.2) is 13.0 Å². The van der Waals surface area contributed by atoms with Crippen molar-refractivity contribution in [2.24, 2.45) is 0 Å². The Kier molecular flexibility index (Phi) is 2.93. The molecule has 0 saturated heterocycles. The second-order valence-electron chi connectivity index (χ2n) is 3.68. The summed E-state index contributed by atoms with van der Waals surface area (Å²) in [5.74, 6) is 0.353. The molecule has 0 heterocycles. The molecular weight excluding hydrogens is 212 g/mol. The van der Waals surface area contributed by atoms with Crippen LogP contribution in [0.25, 0.3) is 0 Å². The van der Waals surface area contributed by atoms with Gasteiger partial charge in [-0.25, -0.2) is 5.43 Å². The summed E-state index contributed by atoms with van der Waals surface area (Å²) in [7, 11) is 1.66. The molecule has 2 N–H and O–H groups in total. The summed E-state index contributed by atoms with van der Waals surface area (Å²) in [5.41, 5.74) is 6.85. The van der Waals surface area contributed by atoms with E-state index in [1.807, 2.05) is 12.1 Å². The maximum absolute atomic E-state index is 11.8. The molecule has 1 aromatic carbocycles. The van der Waals surface area contributed by atoms with Crippen molar-refractivity contribution >= 4 is 17.5 Å². The van der Waals surface area contributed by atoms with E-state index < -0.39 is 0 Å². The van der Waals surface area contributed by atoms with Crippen molar-refractivity contribution in [2.45, 2.75) is 18.8 Å². The summed E-state index contributed by atoms with van der Waals surface area (Å²) in [6, 6.07) is 5.62. The van der Waals surface area contributed by atoms with Crippen LogP contribution in [0.1, 0.15) is 34.7 Å². The zero-order chi connectivity index (χ0) is 10.8. The molecule has 4 heteroatoms. The Bertz CT molecular complexity index is 388. The van der Waals surface area contributed by atoms with Crippen molar-refractivity contribution < 1.29 is 4.79 Å². The number of carbonyl (C=O) groups excluding carboxylic acids is 1. The van der Waals surface area contributed by atoms with Gasteiger partial charge in [0, 0.05) is 7.05 Å². The van der Waals surface area contributed by atoms with E-state index >= 15 is 0 Å². The van der Waals surface area contributed by atoms with E-state index in [0.29, 0.717) is 16.5 Å². The molecule has 2 rings (SSSR count). The summed E-state index contributed by atoms with van der Waals surface area (Å²) in [5, 5.41) is 0.521. The molecular formula is C11H13ClN2O. The number of rotatable bonds is 3. The first-order valence-corrected chi connectivity index (χ1v) is 5.37. The fourth-order valence-electron chi connectivity index (χ4n) is 1.69. The van der Waals surface area contributed by atoms with Crippen LogP contribution < -0.4 is 10.9 Å². The van der Waals surface area contributed by atoms with Gasteiger partial charge in [-0.3, -0.25) is 10.2 Å². The third-order valence-electron chi connectivity index (χ3n) is 2.53. The molecule has 0 unspecified atom stereocenters. The molecule has 0 spiro atoms. The molecule has 0 aliphatic heterocycles. The fraction of sp³-hybridized carbons (Fsp3) is 0.364. The van der Waals surface area contributed by atoms with E-state index in [0.717, 1.165) is 18.4 Å². The molecule has 1 aliphatic carbocycles. The molecule has 1 aliphatic rings. The number of hydrogen-bond acceptors (Lipinski definition) is 2. The quantitative estimate of drug-likeness (QED) is 0.772. The lowest BCUT2D eigenvalue weighted by molar-refractivity contribution is 0.0937. The Labute approximate surface area is 93.8 Å². The molecule has 15 heavy (non-hydrogen) atoms. The highest BCUT2D eigenvalue weighted by atomic mass is 35.5. The molecule has 3 nitrogen and oxygen atoms in total. The second kappa shape index (κ2) is 4.21. The largest absolute Gasteiger partial charge is 0.288 e. The first-order chi connectivity index (χ1) is 7.24. The minimum atomic E-state index is -0.162. The van der Waals surface area contributed by atoms with Crippen molar-refractivity contribution in [3.8, 4) is 0 Å². The Morgan fingerprint density at radius 3 is 2.80 bits per heavy atom. The number of hydrogen-bond donors (Lipinski definition) is 2. The maximum Gasteiger partial charge on any atom is 0.267 e. The van der Waals surface area contributed by atoms with Gasteiger partial charge < -0.3 is 0 Å². The van der Waals surface area contributed by atoms with Gasteiger partial charge in [-0.05, 0) is 30.4 Å². The third-order valence-corrected chi connectivity index (χ3v) is 2.84. The Balaban J connectivity index is 2.37. The van der Waals surface area contributed by atoms with E-state index in [9.17, 15) is 4.79 Å². The van der Waals surface area contributed by atoms with Gasteiger partial charge >= 0.3 is 0 Å². The van der Waals surface area contributed by atoms with Crippen molar-refractivity contribution in [3.05, 3.63) is 34.3 Å². The normalized spacial score (nSPS) is 15.1. The minimum absolute atomic E-state index is 0.162. The first kappa shape index (κ1) is 10.5. The highest BCUT2D eigenvalue weighted by molar-refractivity contribution is 6.34. The van der Waals surface area contributed by atoms with Gasteiger partial charge in [0.1, 0.15) is 0 Å². The smallest absolute Gasteiger partial charge is 0.267 e. The highest BCUT2D eigenvalue weighted by Gasteiger charge is 2.29. The van der Waals surface area contributed by atoms with Gasteiger partial charge in [0.15, 0.2) is 0 Å². The van der Waals surface area contributed by atoms with Crippen LogP contribution in [0, 0.1) is 0 Å². The molecule has 0 bridgehead atoms. The number of benzene rings is 1. The highest BCUT2D eigenvalue weighted by Crippen LogP contribution is 2.42. The average Bonchev–Trinajstić information content (AvgIpc) is 3.00. The molecule has 0 radical (unpaired) electrons. The van der Waals surface area contributed by atoms with Crippen molar-refractivity contribution in [1.82, 2.24) is 10.9 Å². The number of hydrazine groups is 1. The molecule has 1 fully saturated rings. The van der Waals surface area contributed by atoms with Crippen molar-refractivity contribution in [1.29, 1.82) is 0 Å². The summed E-state index contributed by atoms with van der Waals surface area (Å²) < 4.78 is 0. The summed E-state index contributed by atoms with van der Waals surface area (Å²) in [6.07, 6.45) is 2.31. The van der Waals surface area contributed by atoms with E-state index in [1.54, 1.807) is 13.1 Å². The SMILES string of the molecule is CNNC(=O)c1c(Cl)cccc1C1CC1. The summed E-state index contributed by atoms with van der Waals surface area (Å²) in [6.45, 7) is 0. The third kappa shape index (κ3) is 2.13. The van der Waals surface area contributed by atoms with E-state index in [-0.39, 0.29) is 5.91 Å². The van der Waals surface area contributed by atoms with Crippen LogP contribution >= 0.6 is 11.6 Å². The van der Waals surface area contributed by atoms with Gasteiger partial charge in [-0.2, -0.15) is 0 Å². The molecule has 0 aromatic heterocycles. The van der Waals surface area contributed by atoms with Gasteiger partial charge in [0.2, 0.25) is 0 Å². The van der Waals surface area contributed by atoms with Gasteiger partial charge in [-0.15, -0.1) is 0 Å². The van der Waals surface area contributed by atoms with Crippen LogP contribution in [0.15, 0.2) is 18.2 Å². The zero-order valence-corrected chi connectivity index (χ0v) is 9.27. The van der Waals surface area contributed by atoms with Crippen LogP contribution in [0.3, 0.4) is 0 Å². The standard InChI is InChI=1S/C11H13ClN2O/c1-13-14-11(15)10-8(7-5-6-7)3-2-4-9(10)12/h2-4,7,13H,5-6H2,1H3,(H,14,15). The van der Waals surface area contributed by atoms with Crippen molar-refractivity contribution in [2.75, 3.05) is 7.05 Å². The molecule has 0 atom stereocenters. The summed E-state index contributed by atoms with van der Waals surface area (Å²) in [4.78, 5) is 11.8. The minimum Gasteiger partial charge on any atom is -0.288 e. The van der Waals surface area contributed by atoms with E-state index in [4.69, 9.17) is 11.6 Å². The zero-order valence-electron chi connectivity index (χ0n) is 8.51. The average molecular weight is 225 g/mol. The monoisotopic (exact) mass is 224 g/mol. The molecule has 1 amide bonds. The maximum atomic E-state index is 11.8. The van der Waals surface area contributed by atoms with Crippen LogP contribution in [0.5, 0.6) is 0 Å². The van der Waals surface area contributed by atoms with Crippen molar-refractivity contribution in [3.63, 3.8) is 0 Å². The lowest BCUT2D eigenvalue weighted by atomic mass is 10.0. The molecule has 80 valence electrons. The van der Waals surface area contributed by atoms with Crippen LogP contribution in [0.2, 0.25) is 5.02 Å². The first-order valence-electron chi connectivity index (χ1n) is 4.99. The topological polar surface area (TPSA) is 41.1 Å². The Hall–Kier alpha value is -1.06. The fourth-order valence-corrected chi connectivity index (χ4v) is 1.96. The Morgan fingerprint density at radius 1 is 1.47 bits per heavy atom. The van der Waals surface area contributed by atoms with E-state index in [2.05, 4.69) is 10.9 Å². The number of carbonyl (C=O) groups is 1. The van der Waals surface area contributed by atoms with Gasteiger partial charge in [-0.1, -0.05) is 23.7 Å². The van der Waals surface area contributed by atoms with Crippen LogP contribution in [0.4, 0.5) is 0 Å². The van der Waals surface area contributed by atoms with E-state index in [1.165, 1.54) is 0 Å². The predicted molar refractivity (Wildman–Crippen MR) is 60.0 cm³/mol. The van der Waals surface area contributed by atoms with Gasteiger partial charge in [0.25, 0.3) is 5.91 Å². The Morgan fingerprint density at radius 2 is 2.20 bits per heavy atom. The summed E-state index contributed by atoms with van der Waals surface area (Å²) >= 11 is 6.04. The van der Waals surface area contributed by atoms with Gasteiger partial charge in [0.05, 0.1) is 10.6 Å². The molecule has 1 aromatic rings. The van der Waals surface area contributed by atoms with Crippen LogP contribution in [-0.2, 0) is 0 Å². The predicted octanol–water partition coefficient (Wildman–Crippen LogP) is 2.08. The molecule has 1 saturated carbocycles. The number of nitrogens with one attached hydrogen (secondary N) is 2. The second-order valence-corrected chi connectivity index (χ2v) is 4.09. The number of amides is 1. The number of halogens is 1.